The Kier molecular flexibility index (Phi) is 4.18. The number of ether oxygens (including phenoxy) is 1. The number of benzene rings is 2. The normalized spacial score (nSPS) is 9.94. The van der Waals surface area contributed by atoms with Gasteiger partial charge in [-0.25, -0.2) is 0 Å². The van der Waals surface area contributed by atoms with Gasteiger partial charge in [-0.1, -0.05) is 49.1 Å². The Morgan fingerprint density at radius 2 is 1.88 bits per heavy atom. The van der Waals surface area contributed by atoms with Crippen molar-refractivity contribution in [2.75, 3.05) is 13.2 Å². The highest BCUT2D eigenvalue weighted by Crippen LogP contribution is 2.14. The number of hydrogen-bond donors (Lipinski definition) is 0. The van der Waals surface area contributed by atoms with Gasteiger partial charge in [0.15, 0.2) is 0 Å². The predicted molar refractivity (Wildman–Crippen MR) is 71.9 cm³/mol. The molecule has 0 spiro atoms. The van der Waals surface area contributed by atoms with E-state index in [2.05, 4.69) is 49.1 Å². The van der Waals surface area contributed by atoms with E-state index in [1.165, 1.54) is 10.8 Å². The molecule has 1 heteroatoms. The van der Waals surface area contributed by atoms with E-state index in [1.54, 1.807) is 0 Å². The van der Waals surface area contributed by atoms with Crippen LogP contribution in [0.2, 0.25) is 0 Å². The van der Waals surface area contributed by atoms with Crippen LogP contribution < -0.4 is 0 Å². The minimum absolute atomic E-state index is 0.515. The first-order valence-electron chi connectivity index (χ1n) is 5.95. The summed E-state index contributed by atoms with van der Waals surface area (Å²) >= 11 is 0. The molecule has 2 aromatic carbocycles. The molecule has 0 saturated heterocycles. The Morgan fingerprint density at radius 1 is 1.06 bits per heavy atom. The summed E-state index contributed by atoms with van der Waals surface area (Å²) in [5.41, 5.74) is 1.05. The smallest absolute Gasteiger partial charge is 0.108 e. The van der Waals surface area contributed by atoms with Gasteiger partial charge in [-0.05, 0) is 29.3 Å². The van der Waals surface area contributed by atoms with Crippen molar-refractivity contribution in [2.24, 2.45) is 0 Å². The molecule has 0 amide bonds. The third kappa shape index (κ3) is 3.34. The fraction of sp³-hybridized carbons (Fsp3) is 0.250. The average Bonchev–Trinajstić information content (AvgIpc) is 2.38. The molecule has 0 atom stereocenters. The quantitative estimate of drug-likeness (QED) is 0.571. The Balaban J connectivity index is 2.08. The fourth-order valence-corrected chi connectivity index (χ4v) is 1.67. The molecule has 2 aromatic rings. The second-order valence-corrected chi connectivity index (χ2v) is 3.92. The summed E-state index contributed by atoms with van der Waals surface area (Å²) in [4.78, 5) is 0. The molecule has 0 unspecified atom stereocenters. The molecule has 0 aromatic heterocycles. The second-order valence-electron chi connectivity index (χ2n) is 3.92. The van der Waals surface area contributed by atoms with Crippen LogP contribution in [0.25, 0.3) is 10.8 Å². The van der Waals surface area contributed by atoms with Crippen molar-refractivity contribution in [1.29, 1.82) is 0 Å². The molecule has 0 saturated carbocycles. The molecule has 17 heavy (non-hydrogen) atoms. The first-order chi connectivity index (χ1) is 8.40. The van der Waals surface area contributed by atoms with Crippen LogP contribution in [0.15, 0.2) is 42.5 Å². The minimum atomic E-state index is 0.515. The molecular weight excluding hydrogens is 208 g/mol. The van der Waals surface area contributed by atoms with E-state index < -0.39 is 0 Å². The van der Waals surface area contributed by atoms with Crippen LogP contribution >= 0.6 is 0 Å². The lowest BCUT2D eigenvalue weighted by Crippen LogP contribution is -1.91. The largest absolute Gasteiger partial charge is 0.369 e. The molecule has 0 fully saturated rings. The summed E-state index contributed by atoms with van der Waals surface area (Å²) in [6.07, 6.45) is 1.04. The van der Waals surface area contributed by atoms with Gasteiger partial charge >= 0.3 is 0 Å². The molecule has 2 rings (SSSR count). The van der Waals surface area contributed by atoms with Gasteiger partial charge < -0.3 is 4.74 Å². The van der Waals surface area contributed by atoms with Crippen molar-refractivity contribution in [3.05, 3.63) is 48.0 Å². The maximum Gasteiger partial charge on any atom is 0.108 e. The monoisotopic (exact) mass is 224 g/mol. The van der Waals surface area contributed by atoms with E-state index in [0.717, 1.165) is 18.6 Å². The molecule has 0 N–H and O–H groups in total. The zero-order valence-corrected chi connectivity index (χ0v) is 10.1. The Hall–Kier alpha value is -1.78. The van der Waals surface area contributed by atoms with Crippen molar-refractivity contribution >= 4 is 10.8 Å². The van der Waals surface area contributed by atoms with Crippen LogP contribution in [0.3, 0.4) is 0 Å². The number of hydrogen-bond acceptors (Lipinski definition) is 1. The van der Waals surface area contributed by atoms with Gasteiger partial charge in [-0.3, -0.25) is 0 Å². The first kappa shape index (κ1) is 11.7. The van der Waals surface area contributed by atoms with Gasteiger partial charge in [0, 0.05) is 12.2 Å². The SMILES string of the molecule is CCCOCC#Cc1ccc2ccccc2c1. The van der Waals surface area contributed by atoms with Crippen molar-refractivity contribution in [2.45, 2.75) is 13.3 Å². The molecule has 0 aliphatic carbocycles. The van der Waals surface area contributed by atoms with Crippen LogP contribution in [-0.2, 0) is 4.74 Å². The van der Waals surface area contributed by atoms with Gasteiger partial charge in [0.05, 0.1) is 0 Å². The van der Waals surface area contributed by atoms with Crippen molar-refractivity contribution in [3.8, 4) is 11.8 Å². The number of rotatable bonds is 3. The predicted octanol–water partition coefficient (Wildman–Crippen LogP) is 3.62. The van der Waals surface area contributed by atoms with Crippen molar-refractivity contribution < 1.29 is 4.74 Å². The maximum atomic E-state index is 5.32. The summed E-state index contributed by atoms with van der Waals surface area (Å²) in [7, 11) is 0. The highest BCUT2D eigenvalue weighted by atomic mass is 16.5. The summed E-state index contributed by atoms with van der Waals surface area (Å²) in [5, 5.41) is 2.48. The zero-order valence-electron chi connectivity index (χ0n) is 10.1. The Labute approximate surface area is 102 Å². The molecule has 0 heterocycles. The molecular formula is C16H16O. The van der Waals surface area contributed by atoms with Crippen LogP contribution in [0.4, 0.5) is 0 Å². The topological polar surface area (TPSA) is 9.23 Å². The maximum absolute atomic E-state index is 5.32. The lowest BCUT2D eigenvalue weighted by atomic mass is 10.1. The van der Waals surface area contributed by atoms with Crippen LogP contribution in [0, 0.1) is 11.8 Å². The van der Waals surface area contributed by atoms with Gasteiger partial charge in [0.1, 0.15) is 6.61 Å². The average molecular weight is 224 g/mol. The minimum Gasteiger partial charge on any atom is -0.369 e. The van der Waals surface area contributed by atoms with E-state index in [0.29, 0.717) is 6.61 Å². The standard InChI is InChI=1S/C16H16O/c1-2-11-17-12-5-6-14-9-10-15-7-3-4-8-16(15)13-14/h3-4,7-10,13H,2,11-12H2,1H3. The van der Waals surface area contributed by atoms with Gasteiger partial charge in [0.2, 0.25) is 0 Å². The zero-order chi connectivity index (χ0) is 11.9. The van der Waals surface area contributed by atoms with E-state index >= 15 is 0 Å². The van der Waals surface area contributed by atoms with E-state index in [9.17, 15) is 0 Å². The summed E-state index contributed by atoms with van der Waals surface area (Å²) in [6, 6.07) is 14.6. The summed E-state index contributed by atoms with van der Waals surface area (Å²) < 4.78 is 5.32. The van der Waals surface area contributed by atoms with Crippen LogP contribution in [0.5, 0.6) is 0 Å². The Morgan fingerprint density at radius 3 is 2.71 bits per heavy atom. The van der Waals surface area contributed by atoms with Crippen molar-refractivity contribution in [1.82, 2.24) is 0 Å². The van der Waals surface area contributed by atoms with E-state index in [4.69, 9.17) is 4.74 Å². The molecule has 0 bridgehead atoms. The van der Waals surface area contributed by atoms with Crippen LogP contribution in [-0.4, -0.2) is 13.2 Å². The second kappa shape index (κ2) is 6.08. The van der Waals surface area contributed by atoms with E-state index in [-0.39, 0.29) is 0 Å². The highest BCUT2D eigenvalue weighted by molar-refractivity contribution is 5.83. The highest BCUT2D eigenvalue weighted by Gasteiger charge is 1.92. The van der Waals surface area contributed by atoms with Gasteiger partial charge in [0.25, 0.3) is 0 Å². The van der Waals surface area contributed by atoms with Crippen LogP contribution in [0.1, 0.15) is 18.9 Å². The first-order valence-corrected chi connectivity index (χ1v) is 5.95. The third-order valence-corrected chi connectivity index (χ3v) is 2.50. The van der Waals surface area contributed by atoms with Gasteiger partial charge in [-0.2, -0.15) is 0 Å². The summed E-state index contributed by atoms with van der Waals surface area (Å²) in [6.45, 7) is 3.39. The number of fused-ring (bicyclic) bond motifs is 1. The van der Waals surface area contributed by atoms with Crippen molar-refractivity contribution in [3.63, 3.8) is 0 Å². The van der Waals surface area contributed by atoms with E-state index in [1.807, 2.05) is 12.1 Å². The molecule has 0 radical (unpaired) electrons. The Bertz CT molecular complexity index is 546. The lowest BCUT2D eigenvalue weighted by Gasteiger charge is -1.97. The third-order valence-electron chi connectivity index (χ3n) is 2.50. The summed E-state index contributed by atoms with van der Waals surface area (Å²) in [5.74, 6) is 6.15. The van der Waals surface area contributed by atoms with Gasteiger partial charge in [-0.15, -0.1) is 0 Å². The fourth-order valence-electron chi connectivity index (χ4n) is 1.67. The molecule has 1 nitrogen and oxygen atoms in total. The molecule has 0 aliphatic rings. The molecule has 0 aliphatic heterocycles. The molecule has 86 valence electrons. The lowest BCUT2D eigenvalue weighted by molar-refractivity contribution is 0.168.